The third kappa shape index (κ3) is 5.80. The first-order valence-corrected chi connectivity index (χ1v) is 14.1. The molecule has 2 fully saturated rings. The van der Waals surface area contributed by atoms with Crippen LogP contribution in [-0.4, -0.2) is 62.9 Å². The van der Waals surface area contributed by atoms with Crippen LogP contribution in [0.15, 0.2) is 42.5 Å². The van der Waals surface area contributed by atoms with Crippen molar-refractivity contribution in [1.82, 2.24) is 5.32 Å². The molecule has 0 spiro atoms. The van der Waals surface area contributed by atoms with Crippen molar-refractivity contribution >= 4 is 29.1 Å². The fourth-order valence-electron chi connectivity index (χ4n) is 7.15. The van der Waals surface area contributed by atoms with Crippen LogP contribution in [0.2, 0.25) is 10.0 Å². The number of hydrogen-bond donors (Lipinski definition) is 1. The zero-order valence-corrected chi connectivity index (χ0v) is 24.3. The molecule has 0 radical (unpaired) electrons. The van der Waals surface area contributed by atoms with E-state index in [9.17, 15) is 4.79 Å². The number of halogens is 2. The molecule has 37 heavy (non-hydrogen) atoms. The maximum absolute atomic E-state index is 13.1. The minimum atomic E-state index is -0.313. The lowest BCUT2D eigenvalue weighted by molar-refractivity contribution is -0.926. The van der Waals surface area contributed by atoms with Gasteiger partial charge in [-0.05, 0) is 54.7 Å². The van der Waals surface area contributed by atoms with E-state index in [1.54, 1.807) is 19.2 Å². The number of amides is 1. The fourth-order valence-corrected chi connectivity index (χ4v) is 7.47. The van der Waals surface area contributed by atoms with Crippen LogP contribution >= 0.6 is 23.2 Å². The number of carbonyl (C=O) groups is 1. The Labute approximate surface area is 232 Å². The highest BCUT2D eigenvalue weighted by Gasteiger charge is 2.62. The van der Waals surface area contributed by atoms with Crippen LogP contribution in [0.5, 0.6) is 5.75 Å². The van der Waals surface area contributed by atoms with E-state index in [1.807, 2.05) is 19.2 Å². The summed E-state index contributed by atoms with van der Waals surface area (Å²) < 4.78 is 13.2. The number of rotatable bonds is 8. The zero-order valence-electron chi connectivity index (χ0n) is 22.8. The summed E-state index contributed by atoms with van der Waals surface area (Å²) in [6.45, 7) is 7.76. The van der Waals surface area contributed by atoms with Crippen LogP contribution in [0, 0.1) is 5.92 Å². The van der Waals surface area contributed by atoms with Crippen molar-refractivity contribution in [2.45, 2.75) is 63.0 Å². The fraction of sp³-hybridized carbons (Fsp3) is 0.567. The molecule has 4 atom stereocenters. The van der Waals surface area contributed by atoms with E-state index in [0.717, 1.165) is 61.1 Å². The van der Waals surface area contributed by atoms with Crippen molar-refractivity contribution in [3.8, 4) is 5.75 Å². The number of likely N-dealkylation sites (tertiary alicyclic amines) is 1. The molecular weight excluding hydrogens is 507 g/mol. The van der Waals surface area contributed by atoms with E-state index in [1.165, 1.54) is 5.56 Å². The van der Waals surface area contributed by atoms with Crippen LogP contribution in [0.3, 0.4) is 0 Å². The Morgan fingerprint density at radius 3 is 2.59 bits per heavy atom. The highest BCUT2D eigenvalue weighted by molar-refractivity contribution is 6.42. The maximum atomic E-state index is 13.1. The number of methoxy groups -OCH3 is 2. The molecule has 0 bridgehead atoms. The first-order chi connectivity index (χ1) is 17.5. The largest absolute Gasteiger partial charge is 0.497 e. The number of benzene rings is 2. The van der Waals surface area contributed by atoms with Crippen molar-refractivity contribution in [1.29, 1.82) is 0 Å². The van der Waals surface area contributed by atoms with Gasteiger partial charge in [-0.1, -0.05) is 55.2 Å². The second-order valence-electron chi connectivity index (χ2n) is 11.8. The lowest BCUT2D eigenvalue weighted by Crippen LogP contribution is -2.72. The van der Waals surface area contributed by atoms with Gasteiger partial charge in [0.05, 0.1) is 43.7 Å². The van der Waals surface area contributed by atoms with Crippen molar-refractivity contribution in [2.75, 3.05) is 40.9 Å². The number of fused-ring (bicyclic) bond motifs is 1. The maximum Gasteiger partial charge on any atom is 0.224 e. The second-order valence-corrected chi connectivity index (χ2v) is 12.6. The van der Waals surface area contributed by atoms with Gasteiger partial charge in [-0.3, -0.25) is 4.79 Å². The molecule has 1 aliphatic heterocycles. The monoisotopic (exact) mass is 547 g/mol. The van der Waals surface area contributed by atoms with Gasteiger partial charge < -0.3 is 19.3 Å². The summed E-state index contributed by atoms with van der Waals surface area (Å²) in [5.41, 5.74) is 1.57. The SMILES string of the molecule is COc1cccc([C@]23CC[N@@+](C)(CC(C)C)CC2(OC)CC[C@H](NC(=O)Cc2ccc(Cl)c(Cl)c2)C3)c1. The Balaban J connectivity index is 1.63. The molecule has 1 N–H and O–H groups in total. The first kappa shape index (κ1) is 28.2. The third-order valence-corrected chi connectivity index (χ3v) is 9.35. The quantitative estimate of drug-likeness (QED) is 0.409. The zero-order chi connectivity index (χ0) is 26.8. The van der Waals surface area contributed by atoms with Crippen molar-refractivity contribution in [2.24, 2.45) is 5.92 Å². The average Bonchev–Trinajstić information content (AvgIpc) is 2.86. The molecule has 5 nitrogen and oxygen atoms in total. The summed E-state index contributed by atoms with van der Waals surface area (Å²) in [6, 6.07) is 13.9. The van der Waals surface area contributed by atoms with E-state index >= 15 is 0 Å². The summed E-state index contributed by atoms with van der Waals surface area (Å²) in [6.07, 6.45) is 3.89. The average molecular weight is 549 g/mol. The molecule has 4 rings (SSSR count). The number of nitrogens with one attached hydrogen (secondary N) is 1. The lowest BCUT2D eigenvalue weighted by Gasteiger charge is -2.61. The van der Waals surface area contributed by atoms with E-state index in [4.69, 9.17) is 32.7 Å². The summed E-state index contributed by atoms with van der Waals surface area (Å²) >= 11 is 12.2. The van der Waals surface area contributed by atoms with E-state index in [-0.39, 0.29) is 29.4 Å². The third-order valence-electron chi connectivity index (χ3n) is 8.61. The van der Waals surface area contributed by atoms with Crippen LogP contribution in [0.25, 0.3) is 0 Å². The molecule has 1 amide bonds. The van der Waals surface area contributed by atoms with Gasteiger partial charge in [0.25, 0.3) is 0 Å². The summed E-state index contributed by atoms with van der Waals surface area (Å²) in [5, 5.41) is 4.31. The number of carbonyl (C=O) groups excluding carboxylic acids is 1. The number of likely N-dealkylation sites (N-methyl/N-ethyl adjacent to an activating group) is 1. The van der Waals surface area contributed by atoms with Crippen LogP contribution < -0.4 is 10.1 Å². The van der Waals surface area contributed by atoms with Gasteiger partial charge in [0.15, 0.2) is 0 Å². The van der Waals surface area contributed by atoms with Gasteiger partial charge in [-0.2, -0.15) is 0 Å². The number of hydrogen-bond acceptors (Lipinski definition) is 3. The Bertz CT molecular complexity index is 1130. The lowest BCUT2D eigenvalue weighted by atomic mass is 9.54. The van der Waals surface area contributed by atoms with Crippen molar-refractivity contribution in [3.05, 3.63) is 63.6 Å². The molecule has 1 saturated carbocycles. The second kappa shape index (κ2) is 11.1. The topological polar surface area (TPSA) is 47.6 Å². The molecule has 7 heteroatoms. The van der Waals surface area contributed by atoms with Crippen molar-refractivity contribution in [3.63, 3.8) is 0 Å². The van der Waals surface area contributed by atoms with Gasteiger partial charge >= 0.3 is 0 Å². The summed E-state index contributed by atoms with van der Waals surface area (Å²) in [4.78, 5) is 13.1. The van der Waals surface area contributed by atoms with Crippen molar-refractivity contribution < 1.29 is 18.8 Å². The predicted octanol–water partition coefficient (Wildman–Crippen LogP) is 6.04. The Hall–Kier alpha value is -1.79. The number of nitrogens with zero attached hydrogens (tertiary/aromatic N) is 1. The molecule has 202 valence electrons. The molecule has 2 aliphatic rings. The van der Waals surface area contributed by atoms with Gasteiger partial charge in [-0.25, -0.2) is 0 Å². The minimum absolute atomic E-state index is 0.00494. The van der Waals surface area contributed by atoms with Gasteiger partial charge in [0, 0.05) is 30.9 Å². The minimum Gasteiger partial charge on any atom is -0.497 e. The molecule has 1 saturated heterocycles. The van der Waals surface area contributed by atoms with E-state index in [0.29, 0.717) is 16.0 Å². The Morgan fingerprint density at radius 2 is 1.92 bits per heavy atom. The molecule has 1 heterocycles. The highest BCUT2D eigenvalue weighted by Crippen LogP contribution is 2.55. The van der Waals surface area contributed by atoms with Crippen LogP contribution in [0.4, 0.5) is 0 Å². The molecule has 1 unspecified atom stereocenters. The summed E-state index contributed by atoms with van der Waals surface area (Å²) in [7, 11) is 5.97. The molecular formula is C30H41Cl2N2O3+. The number of ether oxygens (including phenoxy) is 2. The van der Waals surface area contributed by atoms with Gasteiger partial charge in [0.1, 0.15) is 17.9 Å². The van der Waals surface area contributed by atoms with Gasteiger partial charge in [0.2, 0.25) is 5.91 Å². The smallest absolute Gasteiger partial charge is 0.224 e. The molecule has 2 aromatic carbocycles. The van der Waals surface area contributed by atoms with Gasteiger partial charge in [-0.15, -0.1) is 0 Å². The Morgan fingerprint density at radius 1 is 1.14 bits per heavy atom. The number of piperidine rings is 1. The molecule has 2 aromatic rings. The number of quaternary nitrogens is 1. The van der Waals surface area contributed by atoms with Crippen LogP contribution in [-0.2, 0) is 21.4 Å². The predicted molar refractivity (Wildman–Crippen MR) is 151 cm³/mol. The standard InChI is InChI=1S/C30H40Cl2N2O3/c1-21(2)19-34(3)14-13-29(23-7-6-8-25(17-23)36-4)18-24(11-12-30(29,20-34)37-5)33-28(35)16-22-9-10-26(31)27(32)15-22/h6-10,15,17,21,24H,11-14,16,18-20H2,1-5H3/p+1/t24-,29+,30?,34-/m0/s1. The molecule has 1 aliphatic carbocycles. The highest BCUT2D eigenvalue weighted by atomic mass is 35.5. The molecule has 0 aromatic heterocycles. The van der Waals surface area contributed by atoms with Crippen LogP contribution in [0.1, 0.15) is 50.7 Å². The van der Waals surface area contributed by atoms with E-state index in [2.05, 4.69) is 44.4 Å². The van der Waals surface area contributed by atoms with E-state index < -0.39 is 0 Å². The summed E-state index contributed by atoms with van der Waals surface area (Å²) in [5.74, 6) is 1.47. The normalized spacial score (nSPS) is 29.6. The Kier molecular flexibility index (Phi) is 8.49. The first-order valence-electron chi connectivity index (χ1n) is 13.3.